The molecule has 4 nitrogen and oxygen atoms in total. The van der Waals surface area contributed by atoms with Crippen LogP contribution in [0.4, 0.5) is 8.78 Å². The second-order valence-electron chi connectivity index (χ2n) is 7.86. The van der Waals surface area contributed by atoms with Crippen molar-refractivity contribution in [3.63, 3.8) is 0 Å². The van der Waals surface area contributed by atoms with Crippen molar-refractivity contribution >= 4 is 10.9 Å². The Morgan fingerprint density at radius 3 is 2.41 bits per heavy atom. The number of halogens is 2. The molecule has 0 bridgehead atoms. The third kappa shape index (κ3) is 3.72. The maximum absolute atomic E-state index is 15.1. The van der Waals surface area contributed by atoms with Gasteiger partial charge in [0.15, 0.2) is 0 Å². The number of ether oxygens (including phenoxy) is 3. The molecule has 0 N–H and O–H groups in total. The molecule has 0 radical (unpaired) electrons. The largest absolute Gasteiger partial charge is 0.455 e. The highest BCUT2D eigenvalue weighted by Crippen LogP contribution is 2.43. The van der Waals surface area contributed by atoms with Crippen molar-refractivity contribution < 1.29 is 23.0 Å². The second kappa shape index (κ2) is 8.30. The number of benzene rings is 3. The summed E-state index contributed by atoms with van der Waals surface area (Å²) in [7, 11) is 0. The van der Waals surface area contributed by atoms with Gasteiger partial charge in [-0.15, -0.1) is 0 Å². The Balaban J connectivity index is 1.51. The minimum Gasteiger partial charge on any atom is -0.455 e. The highest BCUT2D eigenvalue weighted by molar-refractivity contribution is 5.81. The first-order valence-electron chi connectivity index (χ1n) is 10.3. The lowest BCUT2D eigenvalue weighted by molar-refractivity contribution is -0.224. The van der Waals surface area contributed by atoms with E-state index in [2.05, 4.69) is 4.98 Å². The molecule has 0 amide bonds. The van der Waals surface area contributed by atoms with Crippen LogP contribution in [0.25, 0.3) is 10.9 Å². The molecule has 1 fully saturated rings. The van der Waals surface area contributed by atoms with Gasteiger partial charge in [-0.2, -0.15) is 0 Å². The molecule has 1 saturated heterocycles. The summed E-state index contributed by atoms with van der Waals surface area (Å²) in [6, 6.07) is 20.8. The Kier molecular flexibility index (Phi) is 5.33. The van der Waals surface area contributed by atoms with E-state index in [-0.39, 0.29) is 18.7 Å². The van der Waals surface area contributed by atoms with Crippen molar-refractivity contribution in [2.24, 2.45) is 0 Å². The van der Waals surface area contributed by atoms with E-state index in [1.54, 1.807) is 37.3 Å². The zero-order valence-electron chi connectivity index (χ0n) is 17.5. The van der Waals surface area contributed by atoms with E-state index in [0.717, 1.165) is 5.56 Å². The van der Waals surface area contributed by atoms with Gasteiger partial charge in [0.2, 0.25) is 0 Å². The summed E-state index contributed by atoms with van der Waals surface area (Å²) >= 11 is 0. The van der Waals surface area contributed by atoms with Gasteiger partial charge in [-0.05, 0) is 36.8 Å². The standard InChI is InChI=1S/C26H21F2NO3/c1-17-23(13-19-9-5-11-21(28)25(19)29-17)32-22-12-6-10-20(27)24(22)26(15-30-16-26)31-14-18-7-3-2-4-8-18/h2-13H,14-16H2,1H3. The van der Waals surface area contributed by atoms with Crippen LogP contribution in [0, 0.1) is 18.6 Å². The molecule has 4 aromatic rings. The van der Waals surface area contributed by atoms with Crippen LogP contribution in [0.5, 0.6) is 11.5 Å². The molecular formula is C26H21F2NO3. The van der Waals surface area contributed by atoms with E-state index in [0.29, 0.717) is 34.7 Å². The Morgan fingerprint density at radius 2 is 1.66 bits per heavy atom. The molecular weight excluding hydrogens is 412 g/mol. The monoisotopic (exact) mass is 433 g/mol. The van der Waals surface area contributed by atoms with E-state index in [1.165, 1.54) is 12.1 Å². The fourth-order valence-corrected chi connectivity index (χ4v) is 3.87. The minimum absolute atomic E-state index is 0.220. The maximum atomic E-state index is 15.1. The molecule has 5 rings (SSSR count). The predicted molar refractivity (Wildman–Crippen MR) is 117 cm³/mol. The summed E-state index contributed by atoms with van der Waals surface area (Å²) in [4.78, 5) is 4.35. The number of hydrogen-bond acceptors (Lipinski definition) is 4. The summed E-state index contributed by atoms with van der Waals surface area (Å²) in [5, 5.41) is 0.602. The van der Waals surface area contributed by atoms with E-state index in [9.17, 15) is 4.39 Å². The molecule has 2 heterocycles. The van der Waals surface area contributed by atoms with Crippen molar-refractivity contribution in [1.29, 1.82) is 0 Å². The van der Waals surface area contributed by atoms with Gasteiger partial charge in [-0.1, -0.05) is 48.5 Å². The fourth-order valence-electron chi connectivity index (χ4n) is 3.87. The van der Waals surface area contributed by atoms with Gasteiger partial charge in [-0.3, -0.25) is 0 Å². The molecule has 1 aromatic heterocycles. The molecule has 1 aliphatic rings. The summed E-state index contributed by atoms with van der Waals surface area (Å²) in [5.74, 6) is -0.0878. The van der Waals surface area contributed by atoms with Gasteiger partial charge >= 0.3 is 0 Å². The van der Waals surface area contributed by atoms with Crippen molar-refractivity contribution in [2.75, 3.05) is 13.2 Å². The van der Waals surface area contributed by atoms with Gasteiger partial charge in [-0.25, -0.2) is 13.8 Å². The first-order valence-corrected chi connectivity index (χ1v) is 10.3. The number of hydrogen-bond donors (Lipinski definition) is 0. The van der Waals surface area contributed by atoms with Crippen LogP contribution >= 0.6 is 0 Å². The van der Waals surface area contributed by atoms with Crippen LogP contribution in [0.15, 0.2) is 72.8 Å². The van der Waals surface area contributed by atoms with E-state index >= 15 is 4.39 Å². The number of pyridine rings is 1. The lowest BCUT2D eigenvalue weighted by Crippen LogP contribution is -2.49. The summed E-state index contributed by atoms with van der Waals surface area (Å²) in [5.41, 5.74) is 1.10. The van der Waals surface area contributed by atoms with Gasteiger partial charge in [0.05, 0.1) is 31.1 Å². The number of aryl methyl sites for hydroxylation is 1. The average Bonchev–Trinajstić information content (AvgIpc) is 2.76. The highest BCUT2D eigenvalue weighted by atomic mass is 19.1. The van der Waals surface area contributed by atoms with Gasteiger partial charge in [0.1, 0.15) is 34.3 Å². The Hall–Kier alpha value is -3.35. The van der Waals surface area contributed by atoms with Crippen molar-refractivity contribution in [2.45, 2.75) is 19.1 Å². The molecule has 0 atom stereocenters. The fraction of sp³-hybridized carbons (Fsp3) is 0.192. The van der Waals surface area contributed by atoms with E-state index in [4.69, 9.17) is 14.2 Å². The van der Waals surface area contributed by atoms with Crippen LogP contribution in [0.1, 0.15) is 16.8 Å². The van der Waals surface area contributed by atoms with Crippen LogP contribution in [0.2, 0.25) is 0 Å². The van der Waals surface area contributed by atoms with Crippen molar-refractivity contribution in [3.05, 3.63) is 101 Å². The van der Waals surface area contributed by atoms with Crippen LogP contribution in [-0.2, 0) is 21.7 Å². The van der Waals surface area contributed by atoms with Gasteiger partial charge in [0.25, 0.3) is 0 Å². The van der Waals surface area contributed by atoms with Gasteiger partial charge in [0, 0.05) is 5.39 Å². The van der Waals surface area contributed by atoms with Crippen molar-refractivity contribution in [3.8, 4) is 11.5 Å². The average molecular weight is 433 g/mol. The van der Waals surface area contributed by atoms with Crippen LogP contribution < -0.4 is 4.74 Å². The number of nitrogens with zero attached hydrogens (tertiary/aromatic N) is 1. The normalized spacial score (nSPS) is 14.8. The third-order valence-corrected chi connectivity index (χ3v) is 5.62. The molecule has 0 aliphatic carbocycles. The molecule has 162 valence electrons. The number of para-hydroxylation sites is 1. The molecule has 6 heteroatoms. The SMILES string of the molecule is Cc1nc2c(F)cccc2cc1Oc1cccc(F)c1C1(OCc2ccccc2)COC1. The number of rotatable bonds is 6. The topological polar surface area (TPSA) is 40.6 Å². The quantitative estimate of drug-likeness (QED) is 0.371. The molecule has 3 aromatic carbocycles. The molecule has 0 spiro atoms. The smallest absolute Gasteiger partial charge is 0.149 e. The first-order chi connectivity index (χ1) is 15.6. The number of aromatic nitrogens is 1. The summed E-state index contributed by atoms with van der Waals surface area (Å²) in [6.45, 7) is 2.48. The van der Waals surface area contributed by atoms with Crippen LogP contribution in [-0.4, -0.2) is 18.2 Å². The molecule has 32 heavy (non-hydrogen) atoms. The predicted octanol–water partition coefficient (Wildman–Crippen LogP) is 6.06. The minimum atomic E-state index is -0.958. The van der Waals surface area contributed by atoms with Gasteiger partial charge < -0.3 is 14.2 Å². The molecule has 0 unspecified atom stereocenters. The maximum Gasteiger partial charge on any atom is 0.149 e. The Bertz CT molecular complexity index is 1270. The Labute approximate surface area is 184 Å². The molecule has 0 saturated carbocycles. The third-order valence-electron chi connectivity index (χ3n) is 5.62. The lowest BCUT2D eigenvalue weighted by Gasteiger charge is -2.42. The van der Waals surface area contributed by atoms with E-state index in [1.807, 2.05) is 30.3 Å². The Morgan fingerprint density at radius 1 is 0.906 bits per heavy atom. The van der Waals surface area contributed by atoms with Crippen LogP contribution in [0.3, 0.4) is 0 Å². The zero-order valence-corrected chi connectivity index (χ0v) is 17.5. The van der Waals surface area contributed by atoms with E-state index < -0.39 is 17.2 Å². The summed E-state index contributed by atoms with van der Waals surface area (Å²) in [6.07, 6.45) is 0. The summed E-state index contributed by atoms with van der Waals surface area (Å²) < 4.78 is 47.0. The second-order valence-corrected chi connectivity index (χ2v) is 7.86. The first kappa shape index (κ1) is 20.5. The highest BCUT2D eigenvalue weighted by Gasteiger charge is 2.46. The molecule has 1 aliphatic heterocycles. The zero-order chi connectivity index (χ0) is 22.1. The number of fused-ring (bicyclic) bond motifs is 1. The van der Waals surface area contributed by atoms with Crippen molar-refractivity contribution in [1.82, 2.24) is 4.98 Å². The lowest BCUT2D eigenvalue weighted by atomic mass is 9.90.